The lowest BCUT2D eigenvalue weighted by Crippen LogP contribution is -2.45. The molecule has 7 heteroatoms. The van der Waals surface area contributed by atoms with Crippen LogP contribution in [-0.2, 0) is 11.3 Å². The van der Waals surface area contributed by atoms with Crippen molar-refractivity contribution in [2.45, 2.75) is 58.6 Å². The fraction of sp³-hybridized carbons (Fsp3) is 0.700. The number of hydrogen-bond acceptors (Lipinski definition) is 4. The van der Waals surface area contributed by atoms with E-state index in [9.17, 15) is 0 Å². The zero-order chi connectivity index (χ0) is 18.8. The summed E-state index contributed by atoms with van der Waals surface area (Å²) in [5.74, 6) is 1.89. The standard InChI is InChI=1S/C20H35N5O.HI/c1-5-21-19(24-16-20(2,3)26-4)23-15-17-10-11-18(22-14-17)25-12-8-6-7-9-13-25;/h10-11,14H,5-9,12-13,15-16H2,1-4H3,(H2,21,23,24);1H. The summed E-state index contributed by atoms with van der Waals surface area (Å²) in [6, 6.07) is 4.27. The molecule has 1 fully saturated rings. The number of pyridine rings is 1. The van der Waals surface area contributed by atoms with Gasteiger partial charge in [0.2, 0.25) is 0 Å². The van der Waals surface area contributed by atoms with Gasteiger partial charge in [-0.2, -0.15) is 0 Å². The normalized spacial score (nSPS) is 15.7. The summed E-state index contributed by atoms with van der Waals surface area (Å²) < 4.78 is 5.45. The van der Waals surface area contributed by atoms with Gasteiger partial charge in [0.05, 0.1) is 12.1 Å². The molecule has 0 unspecified atom stereocenters. The molecule has 2 heterocycles. The summed E-state index contributed by atoms with van der Waals surface area (Å²) >= 11 is 0. The van der Waals surface area contributed by atoms with Gasteiger partial charge in [-0.05, 0) is 45.2 Å². The Kier molecular flexibility index (Phi) is 11.0. The maximum absolute atomic E-state index is 5.45. The molecule has 154 valence electrons. The molecular weight excluding hydrogens is 453 g/mol. The van der Waals surface area contributed by atoms with Crippen molar-refractivity contribution < 1.29 is 4.74 Å². The third-order valence-corrected chi connectivity index (χ3v) is 4.74. The van der Waals surface area contributed by atoms with Crippen molar-refractivity contribution >= 4 is 35.8 Å². The van der Waals surface area contributed by atoms with Crippen LogP contribution >= 0.6 is 24.0 Å². The predicted octanol–water partition coefficient (Wildman–Crippen LogP) is 3.56. The topological polar surface area (TPSA) is 61.8 Å². The summed E-state index contributed by atoms with van der Waals surface area (Å²) in [6.45, 7) is 10.5. The van der Waals surface area contributed by atoms with Crippen LogP contribution in [0.15, 0.2) is 23.3 Å². The molecule has 0 amide bonds. The monoisotopic (exact) mass is 489 g/mol. The van der Waals surface area contributed by atoms with E-state index >= 15 is 0 Å². The molecule has 0 radical (unpaired) electrons. The van der Waals surface area contributed by atoms with Gasteiger partial charge in [0.25, 0.3) is 0 Å². The third kappa shape index (κ3) is 8.64. The maximum atomic E-state index is 5.45. The summed E-state index contributed by atoms with van der Waals surface area (Å²) in [5, 5.41) is 6.61. The number of nitrogens with one attached hydrogen (secondary N) is 2. The second-order valence-electron chi connectivity index (χ2n) is 7.44. The minimum absolute atomic E-state index is 0. The van der Waals surface area contributed by atoms with Gasteiger partial charge in [0.15, 0.2) is 5.96 Å². The van der Waals surface area contributed by atoms with Crippen molar-refractivity contribution in [1.82, 2.24) is 15.6 Å². The van der Waals surface area contributed by atoms with E-state index in [0.717, 1.165) is 37.0 Å². The molecule has 0 aliphatic carbocycles. The van der Waals surface area contributed by atoms with Crippen molar-refractivity contribution in [3.63, 3.8) is 0 Å². The van der Waals surface area contributed by atoms with Crippen molar-refractivity contribution in [1.29, 1.82) is 0 Å². The van der Waals surface area contributed by atoms with Crippen molar-refractivity contribution in [2.75, 3.05) is 38.2 Å². The molecule has 0 saturated carbocycles. The van der Waals surface area contributed by atoms with Gasteiger partial charge in [0.1, 0.15) is 5.82 Å². The molecule has 27 heavy (non-hydrogen) atoms. The van der Waals surface area contributed by atoms with E-state index < -0.39 is 0 Å². The van der Waals surface area contributed by atoms with E-state index in [1.807, 2.05) is 6.20 Å². The number of hydrogen-bond donors (Lipinski definition) is 2. The number of aliphatic imine (C=N–C) groups is 1. The van der Waals surface area contributed by atoms with Crippen molar-refractivity contribution in [2.24, 2.45) is 4.99 Å². The van der Waals surface area contributed by atoms with Gasteiger partial charge >= 0.3 is 0 Å². The molecule has 0 spiro atoms. The molecule has 1 aromatic heterocycles. The van der Waals surface area contributed by atoms with E-state index in [1.165, 1.54) is 25.7 Å². The first-order valence-electron chi connectivity index (χ1n) is 9.81. The molecular formula is C20H36IN5O. The second-order valence-corrected chi connectivity index (χ2v) is 7.44. The van der Waals surface area contributed by atoms with Crippen LogP contribution in [0.4, 0.5) is 5.82 Å². The highest BCUT2D eigenvalue weighted by Crippen LogP contribution is 2.17. The summed E-state index contributed by atoms with van der Waals surface area (Å²) in [6.07, 6.45) is 7.16. The van der Waals surface area contributed by atoms with Crippen LogP contribution in [-0.4, -0.2) is 49.8 Å². The average Bonchev–Trinajstić information content (AvgIpc) is 2.94. The fourth-order valence-corrected chi connectivity index (χ4v) is 2.88. The third-order valence-electron chi connectivity index (χ3n) is 4.74. The van der Waals surface area contributed by atoms with E-state index in [2.05, 4.69) is 58.4 Å². The first-order chi connectivity index (χ1) is 12.5. The summed E-state index contributed by atoms with van der Waals surface area (Å²) in [4.78, 5) is 11.7. The minimum atomic E-state index is -0.230. The SMILES string of the molecule is CCNC(=NCc1ccc(N2CCCCCC2)nc1)NCC(C)(C)OC.I. The number of halogens is 1. The lowest BCUT2D eigenvalue weighted by atomic mass is 10.1. The molecule has 1 aliphatic rings. The molecule has 1 aromatic rings. The van der Waals surface area contributed by atoms with Crippen LogP contribution in [0.25, 0.3) is 0 Å². The lowest BCUT2D eigenvalue weighted by Gasteiger charge is -2.24. The lowest BCUT2D eigenvalue weighted by molar-refractivity contribution is 0.0268. The molecule has 0 atom stereocenters. The Balaban J connectivity index is 0.00000364. The Morgan fingerprint density at radius 1 is 1.19 bits per heavy atom. The fourth-order valence-electron chi connectivity index (χ4n) is 2.88. The Hall–Kier alpha value is -1.09. The Labute approximate surface area is 181 Å². The molecule has 0 aromatic carbocycles. The smallest absolute Gasteiger partial charge is 0.191 e. The number of anilines is 1. The first-order valence-corrected chi connectivity index (χ1v) is 9.81. The Morgan fingerprint density at radius 2 is 1.89 bits per heavy atom. The van der Waals surface area contributed by atoms with Crippen LogP contribution in [0.2, 0.25) is 0 Å². The highest BCUT2D eigenvalue weighted by molar-refractivity contribution is 14.0. The van der Waals surface area contributed by atoms with Crippen LogP contribution < -0.4 is 15.5 Å². The number of nitrogens with zero attached hydrogens (tertiary/aromatic N) is 3. The highest BCUT2D eigenvalue weighted by atomic mass is 127. The zero-order valence-corrected chi connectivity index (χ0v) is 19.6. The number of aromatic nitrogens is 1. The number of methoxy groups -OCH3 is 1. The quantitative estimate of drug-likeness (QED) is 0.349. The first kappa shape index (κ1) is 23.9. The zero-order valence-electron chi connectivity index (χ0n) is 17.3. The van der Waals surface area contributed by atoms with E-state index in [0.29, 0.717) is 13.1 Å². The minimum Gasteiger partial charge on any atom is -0.377 e. The highest BCUT2D eigenvalue weighted by Gasteiger charge is 2.16. The van der Waals surface area contributed by atoms with Gasteiger partial charge in [-0.3, -0.25) is 0 Å². The van der Waals surface area contributed by atoms with Gasteiger partial charge in [-0.1, -0.05) is 18.9 Å². The van der Waals surface area contributed by atoms with Crippen LogP contribution in [0, 0.1) is 0 Å². The van der Waals surface area contributed by atoms with Gasteiger partial charge in [-0.15, -0.1) is 24.0 Å². The van der Waals surface area contributed by atoms with Crippen LogP contribution in [0.5, 0.6) is 0 Å². The maximum Gasteiger partial charge on any atom is 0.191 e. The van der Waals surface area contributed by atoms with Crippen molar-refractivity contribution in [3.8, 4) is 0 Å². The van der Waals surface area contributed by atoms with Crippen molar-refractivity contribution in [3.05, 3.63) is 23.9 Å². The molecule has 6 nitrogen and oxygen atoms in total. The van der Waals surface area contributed by atoms with Gasteiger partial charge < -0.3 is 20.3 Å². The number of guanidine groups is 1. The van der Waals surface area contributed by atoms with Crippen LogP contribution in [0.1, 0.15) is 52.0 Å². The molecule has 0 bridgehead atoms. The Bertz CT molecular complexity index is 554. The van der Waals surface area contributed by atoms with Crippen LogP contribution in [0.3, 0.4) is 0 Å². The summed E-state index contributed by atoms with van der Waals surface area (Å²) in [7, 11) is 1.73. The largest absolute Gasteiger partial charge is 0.377 e. The Morgan fingerprint density at radius 3 is 2.44 bits per heavy atom. The molecule has 2 N–H and O–H groups in total. The van der Waals surface area contributed by atoms with E-state index in [4.69, 9.17) is 4.74 Å². The van der Waals surface area contributed by atoms with E-state index in [1.54, 1.807) is 7.11 Å². The number of rotatable bonds is 7. The van der Waals surface area contributed by atoms with E-state index in [-0.39, 0.29) is 29.6 Å². The predicted molar refractivity (Wildman–Crippen MR) is 124 cm³/mol. The van der Waals surface area contributed by atoms with Gasteiger partial charge in [0, 0.05) is 39.5 Å². The average molecular weight is 489 g/mol. The summed E-state index contributed by atoms with van der Waals surface area (Å²) in [5.41, 5.74) is 0.888. The number of ether oxygens (including phenoxy) is 1. The molecule has 1 saturated heterocycles. The second kappa shape index (κ2) is 12.4. The van der Waals surface area contributed by atoms with Gasteiger partial charge in [-0.25, -0.2) is 9.98 Å². The molecule has 1 aliphatic heterocycles. The molecule has 2 rings (SSSR count).